The maximum atomic E-state index is 13.8. The highest BCUT2D eigenvalue weighted by Gasteiger charge is 2.29. The van der Waals surface area contributed by atoms with Crippen LogP contribution >= 0.6 is 0 Å². The Kier molecular flexibility index (Phi) is 4.81. The number of aromatic nitrogens is 2. The number of hydrogen-bond acceptors (Lipinski definition) is 5. The number of aryl methyl sites for hydroxylation is 2. The van der Waals surface area contributed by atoms with Gasteiger partial charge in [-0.25, -0.2) is 17.2 Å². The third-order valence-electron chi connectivity index (χ3n) is 4.95. The van der Waals surface area contributed by atoms with Gasteiger partial charge in [0.05, 0.1) is 23.5 Å². The molecule has 0 fully saturated rings. The summed E-state index contributed by atoms with van der Waals surface area (Å²) in [7, 11) is -0.325. The number of ether oxygens (including phenoxy) is 1. The summed E-state index contributed by atoms with van der Waals surface area (Å²) in [6, 6.07) is 7.88. The molecule has 0 saturated heterocycles. The fourth-order valence-electron chi connectivity index (χ4n) is 3.44. The first kappa shape index (κ1) is 20.0. The van der Waals surface area contributed by atoms with Crippen molar-refractivity contribution in [2.75, 3.05) is 18.2 Å². The fraction of sp³-hybridized carbons (Fsp3) is 0.200. The molecule has 4 rings (SSSR count). The largest absolute Gasteiger partial charge is 0.496 e. The van der Waals surface area contributed by atoms with Gasteiger partial charge in [-0.2, -0.15) is 5.10 Å². The van der Waals surface area contributed by atoms with E-state index in [0.717, 1.165) is 12.1 Å². The second-order valence-electron chi connectivity index (χ2n) is 6.82. The van der Waals surface area contributed by atoms with Crippen LogP contribution in [-0.2, 0) is 23.3 Å². The number of rotatable bonds is 4. The number of para-hydroxylation sites is 1. The zero-order chi connectivity index (χ0) is 21.6. The maximum absolute atomic E-state index is 13.8. The molecule has 0 saturated carbocycles. The molecule has 7 nitrogen and oxygen atoms in total. The number of benzene rings is 2. The van der Waals surface area contributed by atoms with Crippen molar-refractivity contribution in [3.05, 3.63) is 59.3 Å². The number of halogens is 2. The molecule has 0 bridgehead atoms. The second-order valence-corrected chi connectivity index (χ2v) is 8.90. The molecule has 0 spiro atoms. The van der Waals surface area contributed by atoms with Crippen molar-refractivity contribution in [3.8, 4) is 17.0 Å². The van der Waals surface area contributed by atoms with E-state index >= 15 is 0 Å². The van der Waals surface area contributed by atoms with Crippen LogP contribution in [0.15, 0.2) is 41.3 Å². The SMILES string of the molecule is COc1cc2c(cc1-c1cc(C(=O)Nc3c(F)cccc3F)nn1C)CCS2(=O)=O. The standard InChI is InChI=1S/C20H17F2N3O4S/c1-25-16(12-8-11-6-7-30(27,28)18(11)10-17(12)29-2)9-15(24-25)20(26)23-19-13(21)4-3-5-14(19)22/h3-5,8-10H,6-7H2,1-2H3,(H,23,26). The second kappa shape index (κ2) is 7.21. The summed E-state index contributed by atoms with van der Waals surface area (Å²) < 4.78 is 58.8. The predicted octanol–water partition coefficient (Wildman–Crippen LogP) is 2.96. The smallest absolute Gasteiger partial charge is 0.276 e. The molecule has 1 amide bonds. The lowest BCUT2D eigenvalue weighted by Gasteiger charge is -2.11. The molecule has 10 heteroatoms. The molecule has 0 unspecified atom stereocenters. The van der Waals surface area contributed by atoms with Gasteiger partial charge < -0.3 is 10.1 Å². The van der Waals surface area contributed by atoms with Gasteiger partial charge in [-0.3, -0.25) is 9.48 Å². The number of amides is 1. The molecule has 0 aliphatic carbocycles. The maximum Gasteiger partial charge on any atom is 0.276 e. The summed E-state index contributed by atoms with van der Waals surface area (Å²) in [5, 5.41) is 6.32. The summed E-state index contributed by atoms with van der Waals surface area (Å²) in [6.45, 7) is 0. The number of nitrogens with one attached hydrogen (secondary N) is 1. The van der Waals surface area contributed by atoms with Crippen molar-refractivity contribution in [1.82, 2.24) is 9.78 Å². The Balaban J connectivity index is 1.72. The first-order valence-electron chi connectivity index (χ1n) is 8.94. The number of hydrogen-bond donors (Lipinski definition) is 1. The van der Waals surface area contributed by atoms with Crippen LogP contribution in [0.3, 0.4) is 0 Å². The molecule has 1 aliphatic heterocycles. The van der Waals surface area contributed by atoms with E-state index in [9.17, 15) is 22.0 Å². The van der Waals surface area contributed by atoms with Crippen LogP contribution in [0.5, 0.6) is 5.75 Å². The minimum Gasteiger partial charge on any atom is -0.496 e. The van der Waals surface area contributed by atoms with E-state index in [1.807, 2.05) is 0 Å². The molecule has 0 atom stereocenters. The lowest BCUT2D eigenvalue weighted by atomic mass is 10.0. The van der Waals surface area contributed by atoms with Gasteiger partial charge in [-0.1, -0.05) is 6.07 Å². The number of carbonyl (C=O) groups excluding carboxylic acids is 1. The average molecular weight is 433 g/mol. The van der Waals surface area contributed by atoms with Crippen LogP contribution in [0.4, 0.5) is 14.5 Å². The van der Waals surface area contributed by atoms with E-state index in [2.05, 4.69) is 10.4 Å². The predicted molar refractivity (Wildman–Crippen MR) is 105 cm³/mol. The van der Waals surface area contributed by atoms with Crippen molar-refractivity contribution in [2.45, 2.75) is 11.3 Å². The van der Waals surface area contributed by atoms with Crippen molar-refractivity contribution in [2.24, 2.45) is 7.05 Å². The van der Waals surface area contributed by atoms with E-state index in [4.69, 9.17) is 4.74 Å². The Labute approximate surface area is 171 Å². The first-order chi connectivity index (χ1) is 14.2. The normalized spacial score (nSPS) is 14.4. The van der Waals surface area contributed by atoms with E-state index in [1.165, 1.54) is 30.0 Å². The molecule has 1 aliphatic rings. The minimum atomic E-state index is -3.34. The van der Waals surface area contributed by atoms with Gasteiger partial charge in [0.25, 0.3) is 5.91 Å². The van der Waals surface area contributed by atoms with E-state index < -0.39 is 33.1 Å². The highest BCUT2D eigenvalue weighted by atomic mass is 32.2. The van der Waals surface area contributed by atoms with E-state index in [-0.39, 0.29) is 16.3 Å². The topological polar surface area (TPSA) is 90.3 Å². The van der Waals surface area contributed by atoms with Crippen LogP contribution in [0.25, 0.3) is 11.3 Å². The van der Waals surface area contributed by atoms with Crippen molar-refractivity contribution in [3.63, 3.8) is 0 Å². The summed E-state index contributed by atoms with van der Waals surface area (Å²) in [4.78, 5) is 12.7. The van der Waals surface area contributed by atoms with E-state index in [0.29, 0.717) is 29.0 Å². The number of methoxy groups -OCH3 is 1. The minimum absolute atomic E-state index is 0.0299. The van der Waals surface area contributed by atoms with Crippen molar-refractivity contribution < 1.29 is 26.7 Å². The highest BCUT2D eigenvalue weighted by molar-refractivity contribution is 7.91. The third-order valence-corrected chi connectivity index (χ3v) is 6.74. The van der Waals surface area contributed by atoms with Gasteiger partial charge in [-0.15, -0.1) is 0 Å². The monoisotopic (exact) mass is 433 g/mol. The molecule has 30 heavy (non-hydrogen) atoms. The van der Waals surface area contributed by atoms with Crippen LogP contribution < -0.4 is 10.1 Å². The molecule has 0 radical (unpaired) electrons. The molecule has 2 heterocycles. The number of sulfone groups is 1. The Bertz CT molecular complexity index is 1270. The van der Waals surface area contributed by atoms with Crippen molar-refractivity contribution >= 4 is 21.4 Å². The molecule has 3 aromatic rings. The van der Waals surface area contributed by atoms with Crippen LogP contribution in [-0.4, -0.2) is 37.0 Å². The molecular weight excluding hydrogens is 416 g/mol. The molecule has 1 aromatic heterocycles. The number of anilines is 1. The first-order valence-corrected chi connectivity index (χ1v) is 10.6. The summed E-state index contributed by atoms with van der Waals surface area (Å²) in [5.74, 6) is -2.25. The fourth-order valence-corrected chi connectivity index (χ4v) is 4.99. The van der Waals surface area contributed by atoms with Gasteiger partial charge >= 0.3 is 0 Å². The summed E-state index contributed by atoms with van der Waals surface area (Å²) >= 11 is 0. The number of nitrogens with zero attached hydrogens (tertiary/aromatic N) is 2. The molecule has 1 N–H and O–H groups in total. The Hall–Kier alpha value is -3.27. The van der Waals surface area contributed by atoms with Gasteiger partial charge in [0.1, 0.15) is 23.1 Å². The van der Waals surface area contributed by atoms with Gasteiger partial charge in [0.2, 0.25) is 0 Å². The van der Waals surface area contributed by atoms with Crippen LogP contribution in [0, 0.1) is 11.6 Å². The molecular formula is C20H17F2N3O4S. The van der Waals surface area contributed by atoms with E-state index in [1.54, 1.807) is 13.1 Å². The van der Waals surface area contributed by atoms with Gasteiger partial charge in [-0.05, 0) is 42.3 Å². The van der Waals surface area contributed by atoms with Gasteiger partial charge in [0.15, 0.2) is 15.5 Å². The van der Waals surface area contributed by atoms with Gasteiger partial charge in [0, 0.05) is 12.6 Å². The molecule has 156 valence electrons. The Morgan fingerprint density at radius 3 is 2.57 bits per heavy atom. The number of fused-ring (bicyclic) bond motifs is 1. The number of carbonyl (C=O) groups is 1. The quantitative estimate of drug-likeness (QED) is 0.683. The Morgan fingerprint density at radius 2 is 1.90 bits per heavy atom. The average Bonchev–Trinajstić information content (AvgIpc) is 3.23. The lowest BCUT2D eigenvalue weighted by Crippen LogP contribution is -2.15. The summed E-state index contributed by atoms with van der Waals surface area (Å²) in [6.07, 6.45) is 0.381. The van der Waals surface area contributed by atoms with Crippen LogP contribution in [0.1, 0.15) is 16.1 Å². The zero-order valence-corrected chi connectivity index (χ0v) is 16.9. The highest BCUT2D eigenvalue weighted by Crippen LogP contribution is 2.38. The van der Waals surface area contributed by atoms with Crippen LogP contribution in [0.2, 0.25) is 0 Å². The third kappa shape index (κ3) is 3.32. The molecule has 2 aromatic carbocycles. The summed E-state index contributed by atoms with van der Waals surface area (Å²) in [5.41, 5.74) is 1.07. The zero-order valence-electron chi connectivity index (χ0n) is 16.1. The Morgan fingerprint density at radius 1 is 1.20 bits per heavy atom. The van der Waals surface area contributed by atoms with Crippen molar-refractivity contribution in [1.29, 1.82) is 0 Å². The lowest BCUT2D eigenvalue weighted by molar-refractivity contribution is 0.102.